The molecular formula is C16H10FNOS. The molecule has 4 heteroatoms. The molecular weight excluding hydrogens is 273 g/mol. The zero-order valence-corrected chi connectivity index (χ0v) is 11.5. The van der Waals surface area contributed by atoms with Gasteiger partial charge in [0.2, 0.25) is 0 Å². The molecule has 2 nitrogen and oxygen atoms in total. The fourth-order valence-electron chi connectivity index (χ4n) is 2.17. The first-order valence-electron chi connectivity index (χ1n) is 5.99. The van der Waals surface area contributed by atoms with E-state index in [4.69, 9.17) is 6.57 Å². The molecule has 0 bridgehead atoms. The van der Waals surface area contributed by atoms with Gasteiger partial charge < -0.3 is 5.11 Å². The van der Waals surface area contributed by atoms with Gasteiger partial charge in [-0.3, -0.25) is 0 Å². The number of fused-ring (bicyclic) bond motifs is 1. The average molecular weight is 283 g/mol. The molecule has 1 aromatic heterocycles. The van der Waals surface area contributed by atoms with E-state index in [1.54, 1.807) is 18.2 Å². The second-order valence-electron chi connectivity index (χ2n) is 4.57. The Hall–Kier alpha value is -2.38. The summed E-state index contributed by atoms with van der Waals surface area (Å²) in [6, 6.07) is 10.2. The van der Waals surface area contributed by atoms with E-state index < -0.39 is 0 Å². The van der Waals surface area contributed by atoms with Gasteiger partial charge in [0, 0.05) is 10.1 Å². The van der Waals surface area contributed by atoms with Crippen molar-refractivity contribution in [3.63, 3.8) is 0 Å². The molecule has 0 aliphatic heterocycles. The molecule has 0 aliphatic carbocycles. The minimum atomic E-state index is -0.278. The normalized spacial score (nSPS) is 10.7. The Labute approximate surface area is 119 Å². The molecule has 20 heavy (non-hydrogen) atoms. The van der Waals surface area contributed by atoms with E-state index in [2.05, 4.69) is 4.85 Å². The molecule has 0 fully saturated rings. The third-order valence-corrected chi connectivity index (χ3v) is 4.11. The van der Waals surface area contributed by atoms with Gasteiger partial charge in [-0.05, 0) is 47.9 Å². The van der Waals surface area contributed by atoms with Crippen molar-refractivity contribution in [2.45, 2.75) is 6.92 Å². The van der Waals surface area contributed by atoms with Crippen LogP contribution in [0.5, 0.6) is 5.75 Å². The molecule has 98 valence electrons. The van der Waals surface area contributed by atoms with Crippen LogP contribution in [0.4, 0.5) is 10.1 Å². The van der Waals surface area contributed by atoms with E-state index in [1.807, 2.05) is 19.1 Å². The van der Waals surface area contributed by atoms with Crippen molar-refractivity contribution in [2.24, 2.45) is 0 Å². The monoisotopic (exact) mass is 283 g/mol. The zero-order valence-electron chi connectivity index (χ0n) is 10.6. The SMILES string of the molecule is [C-]#[N+]c1cc(-c2ccc(C)c(O)c2)c2cc(F)sc2c1. The molecule has 2 aromatic carbocycles. The molecule has 0 saturated heterocycles. The van der Waals surface area contributed by atoms with Crippen LogP contribution in [0.2, 0.25) is 0 Å². The number of hydrogen-bond donors (Lipinski definition) is 1. The Morgan fingerprint density at radius 2 is 2.00 bits per heavy atom. The molecule has 0 unspecified atom stereocenters. The highest BCUT2D eigenvalue weighted by atomic mass is 32.1. The van der Waals surface area contributed by atoms with Crippen LogP contribution in [-0.4, -0.2) is 5.11 Å². The minimum Gasteiger partial charge on any atom is -0.508 e. The Morgan fingerprint density at radius 1 is 1.20 bits per heavy atom. The first kappa shape index (κ1) is 12.6. The molecule has 0 atom stereocenters. The quantitative estimate of drug-likeness (QED) is 0.604. The summed E-state index contributed by atoms with van der Waals surface area (Å²) in [6.45, 7) is 8.96. The lowest BCUT2D eigenvalue weighted by atomic mass is 10.00. The topological polar surface area (TPSA) is 24.6 Å². The fraction of sp³-hybridized carbons (Fsp3) is 0.0625. The third kappa shape index (κ3) is 2.02. The van der Waals surface area contributed by atoms with Crippen molar-refractivity contribution in [3.05, 3.63) is 58.5 Å². The lowest BCUT2D eigenvalue weighted by molar-refractivity contribution is 0.471. The smallest absolute Gasteiger partial charge is 0.189 e. The van der Waals surface area contributed by atoms with Crippen LogP contribution in [0, 0.1) is 18.6 Å². The van der Waals surface area contributed by atoms with Crippen molar-refractivity contribution in [2.75, 3.05) is 0 Å². The number of benzene rings is 2. The molecule has 3 aromatic rings. The Balaban J connectivity index is 2.33. The van der Waals surface area contributed by atoms with Gasteiger partial charge in [-0.25, -0.2) is 4.85 Å². The highest BCUT2D eigenvalue weighted by Gasteiger charge is 2.11. The van der Waals surface area contributed by atoms with E-state index in [9.17, 15) is 9.50 Å². The highest BCUT2D eigenvalue weighted by Crippen LogP contribution is 2.38. The van der Waals surface area contributed by atoms with E-state index in [0.717, 1.165) is 38.1 Å². The lowest BCUT2D eigenvalue weighted by Crippen LogP contribution is -1.81. The van der Waals surface area contributed by atoms with E-state index in [-0.39, 0.29) is 10.9 Å². The number of aromatic hydroxyl groups is 1. The van der Waals surface area contributed by atoms with Crippen molar-refractivity contribution >= 4 is 27.1 Å². The van der Waals surface area contributed by atoms with Crippen LogP contribution in [0.25, 0.3) is 26.1 Å². The largest absolute Gasteiger partial charge is 0.508 e. The first-order chi connectivity index (χ1) is 9.58. The van der Waals surface area contributed by atoms with Crippen LogP contribution in [0.3, 0.4) is 0 Å². The van der Waals surface area contributed by atoms with Gasteiger partial charge in [0.25, 0.3) is 0 Å². The maximum atomic E-state index is 13.5. The number of phenols is 1. The van der Waals surface area contributed by atoms with Crippen molar-refractivity contribution in [1.82, 2.24) is 0 Å². The fourth-order valence-corrected chi connectivity index (χ4v) is 3.02. The van der Waals surface area contributed by atoms with Gasteiger partial charge in [0.1, 0.15) is 5.75 Å². The summed E-state index contributed by atoms with van der Waals surface area (Å²) in [5.74, 6) is 0.194. The summed E-state index contributed by atoms with van der Waals surface area (Å²) in [7, 11) is 0. The summed E-state index contributed by atoms with van der Waals surface area (Å²) in [5, 5.41) is 10.3. The number of hydrogen-bond acceptors (Lipinski definition) is 2. The molecule has 0 radical (unpaired) electrons. The van der Waals surface area contributed by atoms with Crippen LogP contribution < -0.4 is 0 Å². The maximum Gasteiger partial charge on any atom is 0.189 e. The molecule has 1 heterocycles. The van der Waals surface area contributed by atoms with E-state index >= 15 is 0 Å². The van der Waals surface area contributed by atoms with Crippen LogP contribution in [0.15, 0.2) is 36.4 Å². The predicted octanol–water partition coefficient (Wildman–Crippen LogP) is 5.27. The summed E-state index contributed by atoms with van der Waals surface area (Å²) >= 11 is 1.03. The Kier molecular flexibility index (Phi) is 2.92. The molecule has 1 N–H and O–H groups in total. The number of phenolic OH excluding ortho intramolecular Hbond substituents is 1. The summed E-state index contributed by atoms with van der Waals surface area (Å²) in [6.07, 6.45) is 0. The Morgan fingerprint density at radius 3 is 2.70 bits per heavy atom. The number of aryl methyl sites for hydroxylation is 1. The summed E-state index contributed by atoms with van der Waals surface area (Å²) in [5.41, 5.74) is 2.79. The highest BCUT2D eigenvalue weighted by molar-refractivity contribution is 7.17. The van der Waals surface area contributed by atoms with Gasteiger partial charge in [-0.15, -0.1) is 11.3 Å². The number of rotatable bonds is 1. The van der Waals surface area contributed by atoms with Crippen molar-refractivity contribution in [1.29, 1.82) is 0 Å². The maximum absolute atomic E-state index is 13.5. The molecule has 0 aliphatic rings. The van der Waals surface area contributed by atoms with Crippen molar-refractivity contribution in [3.8, 4) is 16.9 Å². The molecule has 0 spiro atoms. The number of nitrogens with zero attached hydrogens (tertiary/aromatic N) is 1. The van der Waals surface area contributed by atoms with E-state index in [0.29, 0.717) is 5.69 Å². The predicted molar refractivity (Wildman–Crippen MR) is 79.9 cm³/mol. The van der Waals surface area contributed by atoms with E-state index in [1.165, 1.54) is 6.07 Å². The standard InChI is InChI=1S/C16H10FNOS/c1-9-3-4-10(5-14(9)19)12-6-11(18-2)7-15-13(12)8-16(17)20-15/h3-8,19H,1H3. The van der Waals surface area contributed by atoms with Gasteiger partial charge in [0.15, 0.2) is 10.8 Å². The first-order valence-corrected chi connectivity index (χ1v) is 6.80. The zero-order chi connectivity index (χ0) is 14.3. The molecule has 3 rings (SSSR count). The summed E-state index contributed by atoms with van der Waals surface area (Å²) in [4.78, 5) is 3.43. The van der Waals surface area contributed by atoms with Crippen LogP contribution in [-0.2, 0) is 0 Å². The second kappa shape index (κ2) is 4.62. The van der Waals surface area contributed by atoms with Crippen LogP contribution in [0.1, 0.15) is 5.56 Å². The second-order valence-corrected chi connectivity index (χ2v) is 5.60. The van der Waals surface area contributed by atoms with Gasteiger partial charge in [-0.1, -0.05) is 12.1 Å². The molecule has 0 amide bonds. The molecule has 0 saturated carbocycles. The minimum absolute atomic E-state index is 0.194. The average Bonchev–Trinajstić information content (AvgIpc) is 2.80. The summed E-state index contributed by atoms with van der Waals surface area (Å²) < 4.78 is 14.2. The van der Waals surface area contributed by atoms with Crippen molar-refractivity contribution < 1.29 is 9.50 Å². The third-order valence-electron chi connectivity index (χ3n) is 3.24. The number of halogens is 1. The van der Waals surface area contributed by atoms with Gasteiger partial charge in [-0.2, -0.15) is 4.39 Å². The number of thiophene rings is 1. The van der Waals surface area contributed by atoms with Gasteiger partial charge >= 0.3 is 0 Å². The van der Waals surface area contributed by atoms with Gasteiger partial charge in [0.05, 0.1) is 6.57 Å². The Bertz CT molecular complexity index is 861. The van der Waals surface area contributed by atoms with Crippen LogP contribution >= 0.6 is 11.3 Å². The lowest BCUT2D eigenvalue weighted by Gasteiger charge is -2.07.